The summed E-state index contributed by atoms with van der Waals surface area (Å²) in [6.07, 6.45) is -0.592. The maximum Gasteiger partial charge on any atom is 0.263 e. The summed E-state index contributed by atoms with van der Waals surface area (Å²) in [5.41, 5.74) is 0.280. The molecule has 4 heteroatoms. The van der Waals surface area contributed by atoms with Crippen LogP contribution >= 0.6 is 0 Å². The van der Waals surface area contributed by atoms with E-state index in [1.165, 1.54) is 6.07 Å². The van der Waals surface area contributed by atoms with Crippen molar-refractivity contribution in [2.75, 3.05) is 6.54 Å². The second-order valence-electron chi connectivity index (χ2n) is 4.44. The van der Waals surface area contributed by atoms with Gasteiger partial charge in [-0.15, -0.1) is 0 Å². The Morgan fingerprint density at radius 3 is 2.69 bits per heavy atom. The van der Waals surface area contributed by atoms with Crippen LogP contribution in [0.3, 0.4) is 0 Å². The molecule has 1 fully saturated rings. The van der Waals surface area contributed by atoms with Crippen molar-refractivity contribution in [2.24, 2.45) is 0 Å². The Labute approximate surface area is 93.3 Å². The van der Waals surface area contributed by atoms with Crippen molar-refractivity contribution in [1.29, 1.82) is 0 Å². The van der Waals surface area contributed by atoms with Crippen molar-refractivity contribution < 1.29 is 13.9 Å². The molecule has 1 aliphatic rings. The van der Waals surface area contributed by atoms with Crippen molar-refractivity contribution in [3.63, 3.8) is 0 Å². The first kappa shape index (κ1) is 11.3. The fraction of sp³-hybridized carbons (Fsp3) is 0.500. The molecule has 0 saturated carbocycles. The van der Waals surface area contributed by atoms with E-state index >= 15 is 0 Å². The van der Waals surface area contributed by atoms with Gasteiger partial charge in [0.1, 0.15) is 5.75 Å². The smallest absolute Gasteiger partial charge is 0.263 e. The van der Waals surface area contributed by atoms with Gasteiger partial charge in [-0.2, -0.15) is 0 Å². The molecule has 1 aliphatic heterocycles. The number of nitrogens with one attached hydrogen (secondary N) is 1. The van der Waals surface area contributed by atoms with E-state index in [0.29, 0.717) is 5.56 Å². The van der Waals surface area contributed by atoms with Gasteiger partial charge in [0.2, 0.25) is 0 Å². The van der Waals surface area contributed by atoms with Gasteiger partial charge >= 0.3 is 0 Å². The molecule has 88 valence electrons. The topological polar surface area (TPSA) is 32.3 Å². The van der Waals surface area contributed by atoms with Crippen LogP contribution in [0, 0.1) is 0 Å². The Bertz CT molecular complexity index is 387. The highest BCUT2D eigenvalue weighted by atomic mass is 19.3. The molecule has 1 saturated heterocycles. The molecule has 0 amide bonds. The van der Waals surface area contributed by atoms with Crippen LogP contribution in [0.5, 0.6) is 5.75 Å². The summed E-state index contributed by atoms with van der Waals surface area (Å²) in [4.78, 5) is 0. The number of hydrogen-bond acceptors (Lipinski definition) is 2. The van der Waals surface area contributed by atoms with E-state index in [2.05, 4.69) is 5.32 Å². The van der Waals surface area contributed by atoms with Crippen molar-refractivity contribution in [2.45, 2.75) is 31.7 Å². The molecule has 2 nitrogen and oxygen atoms in total. The fourth-order valence-electron chi connectivity index (χ4n) is 2.28. The zero-order valence-corrected chi connectivity index (χ0v) is 9.13. The van der Waals surface area contributed by atoms with Crippen molar-refractivity contribution in [3.8, 4) is 5.75 Å². The van der Waals surface area contributed by atoms with Gasteiger partial charge in [-0.25, -0.2) is 8.78 Å². The molecule has 2 rings (SSSR count). The summed E-state index contributed by atoms with van der Waals surface area (Å²) in [5.74, 6) is -0.0466. The summed E-state index contributed by atoms with van der Waals surface area (Å²) in [6, 6.07) is 4.13. The molecule has 0 radical (unpaired) electrons. The van der Waals surface area contributed by atoms with Crippen LogP contribution in [0.2, 0.25) is 0 Å². The van der Waals surface area contributed by atoms with Crippen molar-refractivity contribution in [3.05, 3.63) is 29.3 Å². The Balaban J connectivity index is 2.35. The standard InChI is InChI=1S/C12H15F2NO/c1-12(5-2-6-15-12)9-4-3-8(11(13)14)7-10(9)16/h3-4,7,11,15-16H,2,5-6H2,1H3. The number of rotatable bonds is 2. The Hall–Kier alpha value is -1.16. The van der Waals surface area contributed by atoms with Crippen molar-refractivity contribution in [1.82, 2.24) is 5.32 Å². The quantitative estimate of drug-likeness (QED) is 0.814. The lowest BCUT2D eigenvalue weighted by Crippen LogP contribution is -2.33. The number of phenols is 1. The molecule has 2 N–H and O–H groups in total. The van der Waals surface area contributed by atoms with Crippen LogP contribution < -0.4 is 5.32 Å². The van der Waals surface area contributed by atoms with Crippen LogP contribution in [-0.2, 0) is 5.54 Å². The lowest BCUT2D eigenvalue weighted by molar-refractivity contribution is 0.151. The van der Waals surface area contributed by atoms with E-state index < -0.39 is 6.43 Å². The molecule has 0 aromatic heterocycles. The van der Waals surface area contributed by atoms with Crippen LogP contribution in [0.4, 0.5) is 8.78 Å². The van der Waals surface area contributed by atoms with E-state index in [0.717, 1.165) is 25.5 Å². The average molecular weight is 227 g/mol. The third-order valence-electron chi connectivity index (χ3n) is 3.24. The van der Waals surface area contributed by atoms with E-state index in [1.54, 1.807) is 6.07 Å². The van der Waals surface area contributed by atoms with Crippen LogP contribution in [0.1, 0.15) is 37.3 Å². The van der Waals surface area contributed by atoms with Gasteiger partial charge in [-0.1, -0.05) is 12.1 Å². The predicted octanol–water partition coefficient (Wildman–Crippen LogP) is 2.93. The Morgan fingerprint density at radius 1 is 1.44 bits per heavy atom. The van der Waals surface area contributed by atoms with Gasteiger partial charge in [-0.05, 0) is 32.4 Å². The maximum absolute atomic E-state index is 12.4. The minimum absolute atomic E-state index is 0.0466. The van der Waals surface area contributed by atoms with E-state index in [1.807, 2.05) is 6.92 Å². The first-order valence-electron chi connectivity index (χ1n) is 5.39. The molecule has 0 bridgehead atoms. The van der Waals surface area contributed by atoms with Gasteiger partial charge in [0, 0.05) is 16.7 Å². The van der Waals surface area contributed by atoms with Crippen LogP contribution in [-0.4, -0.2) is 11.7 Å². The number of alkyl halides is 2. The zero-order valence-electron chi connectivity index (χ0n) is 9.13. The van der Waals surface area contributed by atoms with Gasteiger partial charge in [0.25, 0.3) is 6.43 Å². The minimum Gasteiger partial charge on any atom is -0.508 e. The third-order valence-corrected chi connectivity index (χ3v) is 3.24. The second kappa shape index (κ2) is 4.01. The average Bonchev–Trinajstić information content (AvgIpc) is 2.65. The summed E-state index contributed by atoms with van der Waals surface area (Å²) < 4.78 is 24.8. The monoisotopic (exact) mass is 227 g/mol. The molecule has 1 atom stereocenters. The van der Waals surface area contributed by atoms with E-state index in [4.69, 9.17) is 0 Å². The van der Waals surface area contributed by atoms with Gasteiger partial charge < -0.3 is 10.4 Å². The highest BCUT2D eigenvalue weighted by Gasteiger charge is 2.32. The molecule has 0 spiro atoms. The largest absolute Gasteiger partial charge is 0.508 e. The summed E-state index contributed by atoms with van der Waals surface area (Å²) >= 11 is 0. The third kappa shape index (κ3) is 1.89. The molecule has 1 aromatic carbocycles. The lowest BCUT2D eigenvalue weighted by Gasteiger charge is -2.26. The van der Waals surface area contributed by atoms with Gasteiger partial charge in [0.15, 0.2) is 0 Å². The zero-order chi connectivity index (χ0) is 11.8. The summed E-state index contributed by atoms with van der Waals surface area (Å²) in [5, 5.41) is 13.1. The van der Waals surface area contributed by atoms with Gasteiger partial charge in [0.05, 0.1) is 0 Å². The molecule has 0 aliphatic carbocycles. The Kier molecular flexibility index (Phi) is 2.84. The molecular weight excluding hydrogens is 212 g/mol. The highest BCUT2D eigenvalue weighted by Crippen LogP contribution is 2.37. The first-order chi connectivity index (χ1) is 7.53. The number of phenolic OH excluding ortho intramolecular Hbond substituents is 1. The number of benzene rings is 1. The lowest BCUT2D eigenvalue weighted by atomic mass is 9.89. The molecular formula is C12H15F2NO. The Morgan fingerprint density at radius 2 is 2.19 bits per heavy atom. The van der Waals surface area contributed by atoms with Crippen LogP contribution in [0.15, 0.2) is 18.2 Å². The summed E-state index contributed by atoms with van der Waals surface area (Å²) in [7, 11) is 0. The SMILES string of the molecule is CC1(c2ccc(C(F)F)cc2O)CCCN1. The molecule has 1 unspecified atom stereocenters. The normalized spacial score (nSPS) is 25.2. The van der Waals surface area contributed by atoms with E-state index in [9.17, 15) is 13.9 Å². The first-order valence-corrected chi connectivity index (χ1v) is 5.39. The molecule has 16 heavy (non-hydrogen) atoms. The maximum atomic E-state index is 12.4. The van der Waals surface area contributed by atoms with E-state index in [-0.39, 0.29) is 16.9 Å². The highest BCUT2D eigenvalue weighted by molar-refractivity contribution is 5.41. The van der Waals surface area contributed by atoms with Crippen molar-refractivity contribution >= 4 is 0 Å². The number of hydrogen-bond donors (Lipinski definition) is 2. The molecule has 1 aromatic rings. The second-order valence-corrected chi connectivity index (χ2v) is 4.44. The molecule has 1 heterocycles. The number of aromatic hydroxyl groups is 1. The predicted molar refractivity (Wildman–Crippen MR) is 57.7 cm³/mol. The number of halogens is 2. The summed E-state index contributed by atoms with van der Waals surface area (Å²) in [6.45, 7) is 2.88. The van der Waals surface area contributed by atoms with Gasteiger partial charge in [-0.3, -0.25) is 0 Å². The van der Waals surface area contributed by atoms with Crippen LogP contribution in [0.25, 0.3) is 0 Å². The minimum atomic E-state index is -2.54. The fourth-order valence-corrected chi connectivity index (χ4v) is 2.28.